The molecule has 0 bridgehead atoms. The van der Waals surface area contributed by atoms with Gasteiger partial charge in [-0.25, -0.2) is 0 Å². The van der Waals surface area contributed by atoms with Crippen molar-refractivity contribution < 1.29 is 31.3 Å². The molecule has 0 aliphatic heterocycles. The summed E-state index contributed by atoms with van der Waals surface area (Å²) in [5, 5.41) is 10.4. The lowest BCUT2D eigenvalue weighted by molar-refractivity contribution is -0.124. The number of aryl methyl sites for hydroxylation is 1. The Labute approximate surface area is 308 Å². The van der Waals surface area contributed by atoms with E-state index in [0.717, 1.165) is 0 Å². The summed E-state index contributed by atoms with van der Waals surface area (Å²) in [5.41, 5.74) is 7.73. The fourth-order valence-electron chi connectivity index (χ4n) is 5.36. The number of benzene rings is 3. The number of halogens is 2. The summed E-state index contributed by atoms with van der Waals surface area (Å²) in [5.74, 6) is -0.0474. The molecular weight excluding hydrogens is 713 g/mol. The van der Waals surface area contributed by atoms with Gasteiger partial charge in [-0.05, 0) is 74.2 Å². The van der Waals surface area contributed by atoms with Gasteiger partial charge in [-0.3, -0.25) is 9.59 Å². The first-order valence-electron chi connectivity index (χ1n) is 16.5. The maximum atomic E-state index is 13.5. The van der Waals surface area contributed by atoms with Crippen molar-refractivity contribution in [1.29, 1.82) is 0 Å². The summed E-state index contributed by atoms with van der Waals surface area (Å²) >= 11 is 6.53. The van der Waals surface area contributed by atoms with Gasteiger partial charge in [0.15, 0.2) is 12.4 Å². The number of hydrogen-bond donors (Lipinski definition) is 4. The summed E-state index contributed by atoms with van der Waals surface area (Å²) in [6.07, 6.45) is 2.37. The Hall–Kier alpha value is -4.63. The maximum absolute atomic E-state index is 13.5. The molecule has 1 heterocycles. The van der Waals surface area contributed by atoms with Gasteiger partial charge in [0.05, 0.1) is 40.4 Å². The van der Waals surface area contributed by atoms with Crippen LogP contribution in [-0.2, 0) is 33.3 Å². The number of rotatable bonds is 18. The van der Waals surface area contributed by atoms with Crippen LogP contribution in [0.25, 0.3) is 10.9 Å². The van der Waals surface area contributed by atoms with Crippen LogP contribution in [0.3, 0.4) is 0 Å². The number of nitrogens with two attached hydrogens (primary N) is 1. The number of amides is 1. The molecule has 15 heteroatoms. The van der Waals surface area contributed by atoms with E-state index in [0.29, 0.717) is 63.9 Å². The van der Waals surface area contributed by atoms with E-state index in [1.807, 2.05) is 20.8 Å². The van der Waals surface area contributed by atoms with Crippen molar-refractivity contribution in [2.45, 2.75) is 50.3 Å². The first-order chi connectivity index (χ1) is 24.6. The topological polar surface area (TPSA) is 163 Å². The fraction of sp³-hybridized carbons (Fsp3) is 0.351. The van der Waals surface area contributed by atoms with Crippen molar-refractivity contribution in [2.24, 2.45) is 18.7 Å². The molecule has 5 N–H and O–H groups in total. The molecule has 12 nitrogen and oxygen atoms in total. The Morgan fingerprint density at radius 3 is 2.54 bits per heavy atom. The molecule has 0 spiro atoms. The molecule has 280 valence electrons. The number of fused-ring (bicyclic) bond motifs is 1. The largest absolute Gasteiger partial charge is 0.494 e. The molecule has 1 aromatic heterocycles. The van der Waals surface area contributed by atoms with Gasteiger partial charge in [-0.1, -0.05) is 36.7 Å². The first-order valence-corrected chi connectivity index (χ1v) is 18.3. The molecule has 52 heavy (non-hydrogen) atoms. The number of nitrogens with one attached hydrogen (secondary N) is 3. The second-order valence-corrected chi connectivity index (χ2v) is 14.6. The third-order valence-corrected chi connectivity index (χ3v) is 9.83. The molecule has 0 fully saturated rings. The van der Waals surface area contributed by atoms with E-state index in [-0.39, 0.29) is 30.9 Å². The summed E-state index contributed by atoms with van der Waals surface area (Å²) in [7, 11) is -1.75. The lowest BCUT2D eigenvalue weighted by Gasteiger charge is -2.30. The van der Waals surface area contributed by atoms with E-state index in [1.54, 1.807) is 55.6 Å². The quantitative estimate of drug-likeness (QED) is 0.0695. The van der Waals surface area contributed by atoms with E-state index in [9.17, 15) is 21.9 Å². The predicted molar refractivity (Wildman–Crippen MR) is 203 cm³/mol. The van der Waals surface area contributed by atoms with Crippen molar-refractivity contribution in [2.75, 3.05) is 37.5 Å². The van der Waals surface area contributed by atoms with E-state index < -0.39 is 32.2 Å². The lowest BCUT2D eigenvalue weighted by atomic mass is 10.0. The average molecular weight is 758 g/mol. The third kappa shape index (κ3) is 10.2. The summed E-state index contributed by atoms with van der Waals surface area (Å²) in [6, 6.07) is 15.6. The molecule has 4 aromatic rings. The van der Waals surface area contributed by atoms with Crippen LogP contribution in [0.2, 0.25) is 5.02 Å². The van der Waals surface area contributed by atoms with Gasteiger partial charge < -0.3 is 40.5 Å². The first kappa shape index (κ1) is 40.1. The number of aromatic nitrogens is 1. The van der Waals surface area contributed by atoms with E-state index in [1.165, 1.54) is 29.9 Å². The van der Waals surface area contributed by atoms with Crippen LogP contribution in [0.15, 0.2) is 83.0 Å². The smallest absolute Gasteiger partial charge is 0.332 e. The zero-order valence-electron chi connectivity index (χ0n) is 29.8. The molecule has 1 amide bonds. The lowest BCUT2D eigenvalue weighted by Crippen LogP contribution is -2.44. The molecule has 0 aliphatic carbocycles. The van der Waals surface area contributed by atoms with Crippen LogP contribution in [0.5, 0.6) is 11.5 Å². The Bertz CT molecular complexity index is 2100. The number of nitrogens with zero attached hydrogens (tertiary/aromatic N) is 1. The normalized spacial score (nSPS) is 13.8. The Balaban J connectivity index is 1.48. The van der Waals surface area contributed by atoms with Crippen molar-refractivity contribution in [3.8, 4) is 11.5 Å². The molecule has 4 rings (SSSR count). The van der Waals surface area contributed by atoms with Crippen LogP contribution in [0.1, 0.15) is 32.8 Å². The number of methoxy groups -OCH3 is 1. The van der Waals surface area contributed by atoms with Crippen LogP contribution < -0.4 is 36.7 Å². The summed E-state index contributed by atoms with van der Waals surface area (Å²) in [6.45, 7) is 10.1. The highest BCUT2D eigenvalue weighted by Gasteiger charge is 2.25. The van der Waals surface area contributed by atoms with Gasteiger partial charge in [0.25, 0.3) is 11.5 Å². The number of carbonyl (C=O) groups is 1. The monoisotopic (exact) mass is 757 g/mol. The van der Waals surface area contributed by atoms with E-state index >= 15 is 0 Å². The van der Waals surface area contributed by atoms with Crippen LogP contribution in [0.4, 0.5) is 20.9 Å². The van der Waals surface area contributed by atoms with Crippen molar-refractivity contribution >= 4 is 55.7 Å². The molecular formula is C37H45ClFN5O7S. The molecule has 3 unspecified atom stereocenters. The van der Waals surface area contributed by atoms with Gasteiger partial charge in [-0.2, -0.15) is 8.42 Å². The Morgan fingerprint density at radius 1 is 1.12 bits per heavy atom. The minimum Gasteiger partial charge on any atom is -0.494 e. The average Bonchev–Trinajstić information content (AvgIpc) is 3.11. The minimum atomic E-state index is -4.83. The van der Waals surface area contributed by atoms with E-state index in [2.05, 4.69) is 22.5 Å². The third-order valence-electron chi connectivity index (χ3n) is 8.69. The second-order valence-electron chi connectivity index (χ2n) is 12.8. The van der Waals surface area contributed by atoms with Crippen molar-refractivity contribution in [3.05, 3.63) is 94.3 Å². The molecule has 3 aromatic carbocycles. The molecule has 0 aliphatic rings. The number of carbonyl (C=O) groups excluding carboxylic acids is 1. The molecule has 0 saturated carbocycles. The molecule has 3 atom stereocenters. The SMILES string of the molecule is C=CCC(C)(CN)OCC(C)C(C)NC(=O)COc1cc2cc(Nc3cc(NCc4cccc(S(=O)(=O)F)c4)ccc3Cl)cc(OC)c2n(C)c1=O. The standard InChI is InChI=1S/C37H45ClFN5O7S/c1-7-13-37(4,22-40)51-20-23(2)24(3)42-34(45)21-50-33-16-26-15-28(18-32(49-6)35(26)44(5)36(33)46)43-31-17-27(11-12-30(31)38)41-19-25-9-8-10-29(14-25)52(39,47)48/h7-12,14-18,23-24,41,43H,1,13,19-22,40H2,2-6H3,(H,42,45). The molecule has 0 saturated heterocycles. The maximum Gasteiger partial charge on any atom is 0.332 e. The highest BCUT2D eigenvalue weighted by Crippen LogP contribution is 2.35. The van der Waals surface area contributed by atoms with Crippen molar-refractivity contribution in [1.82, 2.24) is 9.88 Å². The number of pyridine rings is 1. The number of ether oxygens (including phenoxy) is 3. The summed E-state index contributed by atoms with van der Waals surface area (Å²) in [4.78, 5) is 25.7. The van der Waals surface area contributed by atoms with Crippen LogP contribution in [0, 0.1) is 5.92 Å². The van der Waals surface area contributed by atoms with Gasteiger partial charge >= 0.3 is 10.2 Å². The Kier molecular flexibility index (Phi) is 13.3. The predicted octanol–water partition coefficient (Wildman–Crippen LogP) is 6.04. The fourth-order valence-corrected chi connectivity index (χ4v) is 6.06. The van der Waals surface area contributed by atoms with E-state index in [4.69, 9.17) is 31.5 Å². The minimum absolute atomic E-state index is 0.0228. The van der Waals surface area contributed by atoms with Gasteiger partial charge in [0, 0.05) is 49.0 Å². The number of hydrogen-bond acceptors (Lipinski definition) is 10. The van der Waals surface area contributed by atoms with Gasteiger partial charge in [0.2, 0.25) is 0 Å². The van der Waals surface area contributed by atoms with Crippen LogP contribution in [-0.4, -0.2) is 57.4 Å². The zero-order chi connectivity index (χ0) is 38.2. The van der Waals surface area contributed by atoms with Crippen molar-refractivity contribution in [3.63, 3.8) is 0 Å². The Morgan fingerprint density at radius 2 is 1.87 bits per heavy atom. The molecule has 0 radical (unpaired) electrons. The summed E-state index contributed by atoms with van der Waals surface area (Å²) < 4.78 is 54.9. The van der Waals surface area contributed by atoms with Gasteiger partial charge in [-0.15, -0.1) is 10.5 Å². The highest BCUT2D eigenvalue weighted by molar-refractivity contribution is 7.86. The van der Waals surface area contributed by atoms with Crippen LogP contribution >= 0.6 is 11.6 Å². The van der Waals surface area contributed by atoms with Gasteiger partial charge in [0.1, 0.15) is 5.75 Å². The zero-order valence-corrected chi connectivity index (χ0v) is 31.4. The highest BCUT2D eigenvalue weighted by atomic mass is 35.5. The second kappa shape index (κ2) is 17.3. The number of anilines is 3.